The second kappa shape index (κ2) is 6.60. The van der Waals surface area contributed by atoms with Crippen LogP contribution in [-0.2, 0) is 11.2 Å². The molecule has 16 heavy (non-hydrogen) atoms. The summed E-state index contributed by atoms with van der Waals surface area (Å²) in [5.74, 6) is -0.0233. The molecule has 0 atom stereocenters. The molecule has 0 bridgehead atoms. The van der Waals surface area contributed by atoms with Gasteiger partial charge in [0.25, 0.3) is 0 Å². The Balaban J connectivity index is 2.43. The molecule has 0 radical (unpaired) electrons. The van der Waals surface area contributed by atoms with Gasteiger partial charge in [-0.1, -0.05) is 13.8 Å². The van der Waals surface area contributed by atoms with E-state index < -0.39 is 0 Å². The van der Waals surface area contributed by atoms with Crippen LogP contribution in [0.3, 0.4) is 0 Å². The number of aryl methyl sites for hydroxylation is 2. The zero-order valence-electron chi connectivity index (χ0n) is 10.1. The highest BCUT2D eigenvalue weighted by molar-refractivity contribution is 7.15. The van der Waals surface area contributed by atoms with E-state index in [1.807, 2.05) is 6.92 Å². The van der Waals surface area contributed by atoms with Crippen molar-refractivity contribution in [2.24, 2.45) is 0 Å². The highest BCUT2D eigenvalue weighted by atomic mass is 32.1. The van der Waals surface area contributed by atoms with Gasteiger partial charge in [-0.15, -0.1) is 11.3 Å². The Labute approximate surface area is 100 Å². The summed E-state index contributed by atoms with van der Waals surface area (Å²) in [6.07, 6.45) is 1.94. The highest BCUT2D eigenvalue weighted by Gasteiger charge is 2.08. The Bertz CT molecular complexity index is 349. The molecule has 1 amide bonds. The standard InChI is InChI=1S/C11H19N3OS/c1-4-6-12-7-10(15)14-11-13-9(5-2)8(3)16-11/h12H,4-7H2,1-3H3,(H,13,14,15). The Hall–Kier alpha value is -0.940. The van der Waals surface area contributed by atoms with Crippen molar-refractivity contribution < 1.29 is 4.79 Å². The normalized spacial score (nSPS) is 10.4. The molecular weight excluding hydrogens is 222 g/mol. The monoisotopic (exact) mass is 241 g/mol. The first-order chi connectivity index (χ1) is 7.67. The van der Waals surface area contributed by atoms with Crippen molar-refractivity contribution in [2.75, 3.05) is 18.4 Å². The fourth-order valence-electron chi connectivity index (χ4n) is 1.35. The molecule has 1 heterocycles. The molecule has 1 rings (SSSR count). The maximum absolute atomic E-state index is 11.5. The van der Waals surface area contributed by atoms with Gasteiger partial charge in [0.15, 0.2) is 5.13 Å². The number of carbonyl (C=O) groups excluding carboxylic acids is 1. The van der Waals surface area contributed by atoms with Gasteiger partial charge in [-0.25, -0.2) is 4.98 Å². The van der Waals surface area contributed by atoms with Crippen molar-refractivity contribution in [3.05, 3.63) is 10.6 Å². The number of hydrogen-bond donors (Lipinski definition) is 2. The predicted molar refractivity (Wildman–Crippen MR) is 68.0 cm³/mol. The number of nitrogens with zero attached hydrogens (tertiary/aromatic N) is 1. The van der Waals surface area contributed by atoms with E-state index in [-0.39, 0.29) is 5.91 Å². The van der Waals surface area contributed by atoms with Crippen LogP contribution in [-0.4, -0.2) is 24.0 Å². The zero-order chi connectivity index (χ0) is 12.0. The number of anilines is 1. The quantitative estimate of drug-likeness (QED) is 0.748. The second-order valence-corrected chi connectivity index (χ2v) is 4.80. The number of carbonyl (C=O) groups is 1. The lowest BCUT2D eigenvalue weighted by Gasteiger charge is -2.02. The Morgan fingerprint density at radius 1 is 1.44 bits per heavy atom. The average Bonchev–Trinajstić information content (AvgIpc) is 2.59. The van der Waals surface area contributed by atoms with E-state index in [1.54, 1.807) is 0 Å². The fraction of sp³-hybridized carbons (Fsp3) is 0.636. The zero-order valence-corrected chi connectivity index (χ0v) is 10.9. The lowest BCUT2D eigenvalue weighted by Crippen LogP contribution is -2.28. The maximum atomic E-state index is 11.5. The van der Waals surface area contributed by atoms with Crippen LogP contribution in [0, 0.1) is 6.92 Å². The van der Waals surface area contributed by atoms with Gasteiger partial charge in [-0.2, -0.15) is 0 Å². The van der Waals surface area contributed by atoms with Gasteiger partial charge in [0.2, 0.25) is 5.91 Å². The molecule has 0 aromatic carbocycles. The first-order valence-electron chi connectivity index (χ1n) is 5.64. The summed E-state index contributed by atoms with van der Waals surface area (Å²) in [6.45, 7) is 7.39. The second-order valence-electron chi connectivity index (χ2n) is 3.60. The van der Waals surface area contributed by atoms with Crippen molar-refractivity contribution in [3.8, 4) is 0 Å². The number of thiazole rings is 1. The number of aromatic nitrogens is 1. The minimum atomic E-state index is -0.0233. The van der Waals surface area contributed by atoms with Crippen molar-refractivity contribution in [2.45, 2.75) is 33.6 Å². The van der Waals surface area contributed by atoms with E-state index >= 15 is 0 Å². The Kier molecular flexibility index (Phi) is 5.42. The summed E-state index contributed by atoms with van der Waals surface area (Å²) in [7, 11) is 0. The molecule has 4 nitrogen and oxygen atoms in total. The lowest BCUT2D eigenvalue weighted by molar-refractivity contribution is -0.115. The summed E-state index contributed by atoms with van der Waals surface area (Å²) in [4.78, 5) is 17.0. The topological polar surface area (TPSA) is 54.0 Å². The van der Waals surface area contributed by atoms with E-state index in [0.29, 0.717) is 11.7 Å². The largest absolute Gasteiger partial charge is 0.308 e. The van der Waals surface area contributed by atoms with Gasteiger partial charge in [0, 0.05) is 4.88 Å². The van der Waals surface area contributed by atoms with E-state index in [9.17, 15) is 4.79 Å². The van der Waals surface area contributed by atoms with Gasteiger partial charge in [0.1, 0.15) is 0 Å². The molecule has 5 heteroatoms. The molecule has 1 aromatic heterocycles. The molecule has 0 saturated heterocycles. The van der Waals surface area contributed by atoms with Crippen molar-refractivity contribution >= 4 is 22.4 Å². The van der Waals surface area contributed by atoms with E-state index in [4.69, 9.17) is 0 Å². The van der Waals surface area contributed by atoms with Gasteiger partial charge in [0.05, 0.1) is 12.2 Å². The summed E-state index contributed by atoms with van der Waals surface area (Å²) in [5, 5.41) is 6.56. The van der Waals surface area contributed by atoms with Gasteiger partial charge in [-0.05, 0) is 26.3 Å². The molecule has 1 aromatic rings. The first-order valence-corrected chi connectivity index (χ1v) is 6.45. The van der Waals surface area contributed by atoms with E-state index in [1.165, 1.54) is 16.2 Å². The van der Waals surface area contributed by atoms with Crippen LogP contribution in [0.2, 0.25) is 0 Å². The molecule has 0 aliphatic rings. The van der Waals surface area contributed by atoms with Crippen molar-refractivity contribution in [1.82, 2.24) is 10.3 Å². The fourth-order valence-corrected chi connectivity index (χ4v) is 2.27. The summed E-state index contributed by atoms with van der Waals surface area (Å²) in [6, 6.07) is 0. The van der Waals surface area contributed by atoms with Crippen LogP contribution in [0.5, 0.6) is 0 Å². The average molecular weight is 241 g/mol. The molecule has 0 unspecified atom stereocenters. The summed E-state index contributed by atoms with van der Waals surface area (Å²) in [5.41, 5.74) is 1.07. The first kappa shape index (κ1) is 13.1. The SMILES string of the molecule is CCCNCC(=O)Nc1nc(CC)c(C)s1. The highest BCUT2D eigenvalue weighted by Crippen LogP contribution is 2.21. The minimum Gasteiger partial charge on any atom is -0.308 e. The lowest BCUT2D eigenvalue weighted by atomic mass is 10.3. The molecule has 0 fully saturated rings. The summed E-state index contributed by atoms with van der Waals surface area (Å²) >= 11 is 1.54. The predicted octanol–water partition coefficient (Wildman–Crippen LogP) is 1.95. The van der Waals surface area contributed by atoms with Crippen LogP contribution in [0.25, 0.3) is 0 Å². The van der Waals surface area contributed by atoms with Crippen LogP contribution < -0.4 is 10.6 Å². The number of rotatable bonds is 6. The number of amides is 1. The molecule has 2 N–H and O–H groups in total. The van der Waals surface area contributed by atoms with Crippen LogP contribution in [0.1, 0.15) is 30.8 Å². The van der Waals surface area contributed by atoms with Gasteiger partial charge in [-0.3, -0.25) is 4.79 Å². The number of nitrogens with one attached hydrogen (secondary N) is 2. The molecule has 0 saturated carbocycles. The molecule has 0 aliphatic heterocycles. The number of hydrogen-bond acceptors (Lipinski definition) is 4. The smallest absolute Gasteiger partial charge is 0.240 e. The van der Waals surface area contributed by atoms with Crippen molar-refractivity contribution in [1.29, 1.82) is 0 Å². The van der Waals surface area contributed by atoms with Crippen LogP contribution in [0.15, 0.2) is 0 Å². The van der Waals surface area contributed by atoms with E-state index in [2.05, 4.69) is 29.5 Å². The summed E-state index contributed by atoms with van der Waals surface area (Å²) < 4.78 is 0. The molecule has 90 valence electrons. The molecular formula is C11H19N3OS. The molecule has 0 spiro atoms. The van der Waals surface area contributed by atoms with Crippen LogP contribution >= 0.6 is 11.3 Å². The third kappa shape index (κ3) is 3.90. The van der Waals surface area contributed by atoms with Gasteiger partial charge < -0.3 is 10.6 Å². The third-order valence-electron chi connectivity index (χ3n) is 2.19. The van der Waals surface area contributed by atoms with Crippen molar-refractivity contribution in [3.63, 3.8) is 0 Å². The van der Waals surface area contributed by atoms with Crippen LogP contribution in [0.4, 0.5) is 5.13 Å². The minimum absolute atomic E-state index is 0.0233. The third-order valence-corrected chi connectivity index (χ3v) is 3.11. The molecule has 0 aliphatic carbocycles. The van der Waals surface area contributed by atoms with E-state index in [0.717, 1.165) is 25.1 Å². The maximum Gasteiger partial charge on any atom is 0.240 e. The van der Waals surface area contributed by atoms with Gasteiger partial charge >= 0.3 is 0 Å². The Morgan fingerprint density at radius 2 is 2.19 bits per heavy atom. The Morgan fingerprint density at radius 3 is 2.75 bits per heavy atom.